The van der Waals surface area contributed by atoms with E-state index in [0.717, 1.165) is 28.2 Å². The zero-order valence-corrected chi connectivity index (χ0v) is 14.1. The summed E-state index contributed by atoms with van der Waals surface area (Å²) < 4.78 is 5.06. The Bertz CT molecular complexity index is 732. The second-order valence-electron chi connectivity index (χ2n) is 5.75. The van der Waals surface area contributed by atoms with Crippen LogP contribution < -0.4 is 5.32 Å². The molecule has 2 aromatic rings. The first-order chi connectivity index (χ1) is 11.7. The molecule has 0 atom stereocenters. The normalized spacial score (nSPS) is 13.8. The number of amides is 1. The van der Waals surface area contributed by atoms with Crippen LogP contribution in [0.4, 0.5) is 0 Å². The second kappa shape index (κ2) is 7.93. The molecule has 0 radical (unpaired) electrons. The highest BCUT2D eigenvalue weighted by Crippen LogP contribution is 2.29. The summed E-state index contributed by atoms with van der Waals surface area (Å²) in [6.45, 7) is 0.387. The Morgan fingerprint density at radius 3 is 2.71 bits per heavy atom. The van der Waals surface area contributed by atoms with Gasteiger partial charge in [-0.3, -0.25) is 9.59 Å². The van der Waals surface area contributed by atoms with E-state index in [4.69, 9.17) is 4.74 Å². The van der Waals surface area contributed by atoms with Crippen molar-refractivity contribution in [2.45, 2.75) is 12.8 Å². The number of rotatable bonds is 7. The molecule has 1 amide bonds. The first-order valence-electron chi connectivity index (χ1n) is 7.97. The Balaban J connectivity index is 1.45. The molecule has 1 N–H and O–H groups in total. The Kier molecular flexibility index (Phi) is 5.43. The van der Waals surface area contributed by atoms with Crippen LogP contribution in [0.15, 0.2) is 48.5 Å². The number of carbonyl (C=O) groups excluding carboxylic acids is 2. The maximum Gasteiger partial charge on any atom is 0.325 e. The molecule has 1 aromatic heterocycles. The standard InChI is InChI=1S/C19H19NO3S/c21-18(20-12-19(22)23-13-14-6-7-14)11-9-16-8-10-17(24-16)15-4-2-1-3-5-15/h1-5,8-11,14H,6-7,12-13H2,(H,20,21)/b11-9+. The van der Waals surface area contributed by atoms with Gasteiger partial charge in [0.15, 0.2) is 0 Å². The summed E-state index contributed by atoms with van der Waals surface area (Å²) >= 11 is 1.61. The molecule has 0 unspecified atom stereocenters. The summed E-state index contributed by atoms with van der Waals surface area (Å²) in [6, 6.07) is 14.1. The Hall–Kier alpha value is -2.40. The van der Waals surface area contributed by atoms with Crippen LogP contribution in [0.25, 0.3) is 16.5 Å². The summed E-state index contributed by atoms with van der Waals surface area (Å²) in [6.07, 6.45) is 5.46. The van der Waals surface area contributed by atoms with Gasteiger partial charge in [-0.2, -0.15) is 0 Å². The Morgan fingerprint density at radius 1 is 1.17 bits per heavy atom. The van der Waals surface area contributed by atoms with Crippen LogP contribution in [0.3, 0.4) is 0 Å². The first-order valence-corrected chi connectivity index (χ1v) is 8.79. The molecule has 24 heavy (non-hydrogen) atoms. The highest BCUT2D eigenvalue weighted by Gasteiger charge is 2.22. The lowest BCUT2D eigenvalue weighted by molar-refractivity contribution is -0.144. The van der Waals surface area contributed by atoms with Gasteiger partial charge < -0.3 is 10.1 Å². The van der Waals surface area contributed by atoms with Crippen molar-refractivity contribution < 1.29 is 14.3 Å². The van der Waals surface area contributed by atoms with Crippen molar-refractivity contribution in [2.24, 2.45) is 5.92 Å². The van der Waals surface area contributed by atoms with Crippen molar-refractivity contribution in [2.75, 3.05) is 13.2 Å². The van der Waals surface area contributed by atoms with E-state index in [2.05, 4.69) is 17.4 Å². The van der Waals surface area contributed by atoms with Crippen LogP contribution in [0.1, 0.15) is 17.7 Å². The van der Waals surface area contributed by atoms with E-state index < -0.39 is 0 Å². The average Bonchev–Trinajstić information content (AvgIpc) is 3.32. The molecule has 5 heteroatoms. The number of esters is 1. The topological polar surface area (TPSA) is 55.4 Å². The fourth-order valence-electron chi connectivity index (χ4n) is 2.12. The highest BCUT2D eigenvalue weighted by atomic mass is 32.1. The molecule has 3 rings (SSSR count). The molecule has 0 aliphatic heterocycles. The van der Waals surface area contributed by atoms with Crippen LogP contribution in [-0.2, 0) is 14.3 Å². The minimum atomic E-state index is -0.383. The lowest BCUT2D eigenvalue weighted by Gasteiger charge is -2.03. The average molecular weight is 341 g/mol. The highest BCUT2D eigenvalue weighted by molar-refractivity contribution is 7.16. The van der Waals surface area contributed by atoms with Gasteiger partial charge in [-0.25, -0.2) is 0 Å². The van der Waals surface area contributed by atoms with E-state index in [0.29, 0.717) is 12.5 Å². The van der Waals surface area contributed by atoms with Gasteiger partial charge in [0.2, 0.25) is 5.91 Å². The summed E-state index contributed by atoms with van der Waals surface area (Å²) in [5.74, 6) is -0.152. The third-order valence-electron chi connectivity index (χ3n) is 3.67. The molecule has 1 saturated carbocycles. The minimum absolute atomic E-state index is 0.0877. The van der Waals surface area contributed by atoms with E-state index in [1.807, 2.05) is 30.3 Å². The third kappa shape index (κ3) is 5.06. The smallest absolute Gasteiger partial charge is 0.325 e. The maximum absolute atomic E-state index is 11.7. The molecule has 1 aromatic carbocycles. The maximum atomic E-state index is 11.7. The molecular formula is C19H19NO3S. The SMILES string of the molecule is O=C(/C=C/c1ccc(-c2ccccc2)s1)NCC(=O)OCC1CC1. The van der Waals surface area contributed by atoms with Crippen LogP contribution in [0.2, 0.25) is 0 Å². The van der Waals surface area contributed by atoms with E-state index in [1.54, 1.807) is 17.4 Å². The summed E-state index contributed by atoms with van der Waals surface area (Å²) in [5.41, 5.74) is 1.16. The lowest BCUT2D eigenvalue weighted by Crippen LogP contribution is -2.29. The fourth-order valence-corrected chi connectivity index (χ4v) is 3.04. The largest absolute Gasteiger partial charge is 0.464 e. The van der Waals surface area contributed by atoms with Gasteiger partial charge in [0.25, 0.3) is 0 Å². The molecule has 4 nitrogen and oxygen atoms in total. The van der Waals surface area contributed by atoms with Crippen molar-refractivity contribution in [3.8, 4) is 10.4 Å². The van der Waals surface area contributed by atoms with Crippen molar-refractivity contribution in [1.82, 2.24) is 5.32 Å². The zero-order valence-electron chi connectivity index (χ0n) is 13.2. The number of nitrogens with one attached hydrogen (secondary N) is 1. The van der Waals surface area contributed by atoms with Crippen LogP contribution >= 0.6 is 11.3 Å². The number of benzene rings is 1. The molecular weight excluding hydrogens is 322 g/mol. The van der Waals surface area contributed by atoms with E-state index in [-0.39, 0.29) is 18.4 Å². The molecule has 0 saturated heterocycles. The lowest BCUT2D eigenvalue weighted by atomic mass is 10.2. The van der Waals surface area contributed by atoms with Gasteiger partial charge in [0.05, 0.1) is 6.61 Å². The van der Waals surface area contributed by atoms with Crippen molar-refractivity contribution in [3.63, 3.8) is 0 Å². The second-order valence-corrected chi connectivity index (χ2v) is 6.86. The van der Waals surface area contributed by atoms with Gasteiger partial charge in [-0.1, -0.05) is 30.3 Å². The van der Waals surface area contributed by atoms with Gasteiger partial charge >= 0.3 is 5.97 Å². The molecule has 1 heterocycles. The third-order valence-corrected chi connectivity index (χ3v) is 4.77. The number of hydrogen-bond donors (Lipinski definition) is 1. The fraction of sp³-hybridized carbons (Fsp3) is 0.263. The van der Waals surface area contributed by atoms with Crippen molar-refractivity contribution in [3.05, 3.63) is 53.4 Å². The van der Waals surface area contributed by atoms with Gasteiger partial charge in [0.1, 0.15) is 6.54 Å². The summed E-state index contributed by atoms with van der Waals surface area (Å²) in [4.78, 5) is 25.3. The van der Waals surface area contributed by atoms with Crippen LogP contribution in [0, 0.1) is 5.92 Å². The van der Waals surface area contributed by atoms with E-state index >= 15 is 0 Å². The van der Waals surface area contributed by atoms with Crippen molar-refractivity contribution in [1.29, 1.82) is 0 Å². The number of ether oxygens (including phenoxy) is 1. The Morgan fingerprint density at radius 2 is 1.96 bits per heavy atom. The minimum Gasteiger partial charge on any atom is -0.464 e. The van der Waals surface area contributed by atoms with E-state index in [1.165, 1.54) is 6.08 Å². The molecule has 0 spiro atoms. The van der Waals surface area contributed by atoms with E-state index in [9.17, 15) is 9.59 Å². The molecule has 1 aliphatic rings. The molecule has 0 bridgehead atoms. The Labute approximate surface area is 145 Å². The zero-order chi connectivity index (χ0) is 16.8. The summed E-state index contributed by atoms with van der Waals surface area (Å²) in [5, 5.41) is 2.54. The molecule has 1 aliphatic carbocycles. The number of thiophene rings is 1. The molecule has 124 valence electrons. The number of carbonyl (C=O) groups is 2. The predicted octanol–water partition coefficient (Wildman–Crippen LogP) is 3.50. The summed E-state index contributed by atoms with van der Waals surface area (Å²) in [7, 11) is 0. The molecule has 1 fully saturated rings. The number of hydrogen-bond acceptors (Lipinski definition) is 4. The quantitative estimate of drug-likeness (QED) is 0.619. The van der Waals surface area contributed by atoms with Crippen LogP contribution in [-0.4, -0.2) is 25.0 Å². The van der Waals surface area contributed by atoms with Crippen LogP contribution in [0.5, 0.6) is 0 Å². The van der Waals surface area contributed by atoms with Crippen molar-refractivity contribution >= 4 is 29.3 Å². The van der Waals surface area contributed by atoms with Gasteiger partial charge in [-0.05, 0) is 42.5 Å². The predicted molar refractivity (Wildman–Crippen MR) is 95.5 cm³/mol. The monoisotopic (exact) mass is 341 g/mol. The van der Waals surface area contributed by atoms with Gasteiger partial charge in [-0.15, -0.1) is 11.3 Å². The van der Waals surface area contributed by atoms with Gasteiger partial charge in [0, 0.05) is 15.8 Å². The first kappa shape index (κ1) is 16.5.